The first kappa shape index (κ1) is 14.4. The maximum Gasteiger partial charge on any atom is 0.209 e. The molecule has 1 aliphatic heterocycles. The van der Waals surface area contributed by atoms with Crippen molar-refractivity contribution in [2.24, 2.45) is 16.5 Å². The summed E-state index contributed by atoms with van der Waals surface area (Å²) in [6.45, 7) is 0. The second-order valence-corrected chi connectivity index (χ2v) is 5.23. The Morgan fingerprint density at radius 1 is 1.09 bits per heavy atom. The van der Waals surface area contributed by atoms with Crippen LogP contribution in [0.4, 0.5) is 0 Å². The number of nitrogens with zero attached hydrogens (tertiary/aromatic N) is 1. The Kier molecular flexibility index (Phi) is 3.73. The first-order chi connectivity index (χ1) is 10.6. The molecule has 2 aromatic rings. The Bertz CT molecular complexity index is 791. The van der Waals surface area contributed by atoms with E-state index in [4.69, 9.17) is 23.1 Å². The molecule has 5 nitrogen and oxygen atoms in total. The Balaban J connectivity index is 1.89. The van der Waals surface area contributed by atoms with Crippen molar-refractivity contribution in [1.82, 2.24) is 10.9 Å². The van der Waals surface area contributed by atoms with E-state index in [1.807, 2.05) is 42.5 Å². The molecule has 1 heterocycles. The normalized spacial score (nSPS) is 19.8. The number of guanidine groups is 1. The van der Waals surface area contributed by atoms with Gasteiger partial charge in [-0.25, -0.2) is 4.99 Å². The van der Waals surface area contributed by atoms with Gasteiger partial charge < -0.3 is 5.73 Å². The van der Waals surface area contributed by atoms with Crippen LogP contribution in [0.2, 0.25) is 5.02 Å². The van der Waals surface area contributed by atoms with Gasteiger partial charge in [0.15, 0.2) is 0 Å². The molecule has 0 aromatic heterocycles. The van der Waals surface area contributed by atoms with E-state index in [1.54, 1.807) is 6.07 Å². The van der Waals surface area contributed by atoms with Gasteiger partial charge in [0.05, 0.1) is 5.02 Å². The molecule has 0 saturated heterocycles. The third-order valence-corrected chi connectivity index (χ3v) is 3.52. The van der Waals surface area contributed by atoms with Crippen LogP contribution >= 0.6 is 11.6 Å². The Labute approximate surface area is 133 Å². The molecule has 1 atom stereocenters. The predicted octanol–water partition coefficient (Wildman–Crippen LogP) is 1.23. The van der Waals surface area contributed by atoms with E-state index in [-0.39, 0.29) is 5.96 Å². The highest BCUT2D eigenvalue weighted by Crippen LogP contribution is 2.24. The third-order valence-electron chi connectivity index (χ3n) is 3.20. The second kappa shape index (κ2) is 5.70. The molecule has 0 aliphatic carbocycles. The van der Waals surface area contributed by atoms with Crippen LogP contribution in [-0.2, 0) is 5.79 Å². The molecule has 110 valence electrons. The number of hydrogen-bond donors (Lipinski definition) is 4. The van der Waals surface area contributed by atoms with Crippen LogP contribution in [0.1, 0.15) is 16.7 Å². The molecule has 1 unspecified atom stereocenters. The van der Waals surface area contributed by atoms with Crippen molar-refractivity contribution in [2.45, 2.75) is 5.79 Å². The van der Waals surface area contributed by atoms with E-state index in [0.717, 1.165) is 11.1 Å². The SMILES string of the molecule is NC1=NC(N)(c2ccc(C#Cc3ccccc3)c(Cl)c2)NN1. The summed E-state index contributed by atoms with van der Waals surface area (Å²) in [7, 11) is 0. The standard InChI is InChI=1S/C16H14ClN5/c17-14-10-13(16(19)20-15(18)21-22-16)9-8-12(14)7-6-11-4-2-1-3-5-11/h1-5,8-10,22H,19H2,(H3,18,20,21). The maximum absolute atomic E-state index is 6.29. The lowest BCUT2D eigenvalue weighted by atomic mass is 10.1. The highest BCUT2D eigenvalue weighted by atomic mass is 35.5. The summed E-state index contributed by atoms with van der Waals surface area (Å²) < 4.78 is 0. The summed E-state index contributed by atoms with van der Waals surface area (Å²) in [5, 5.41) is 0.508. The van der Waals surface area contributed by atoms with Gasteiger partial charge in [0.2, 0.25) is 11.7 Å². The molecular formula is C16H14ClN5. The van der Waals surface area contributed by atoms with Crippen LogP contribution in [-0.4, -0.2) is 5.96 Å². The van der Waals surface area contributed by atoms with Crippen LogP contribution in [0, 0.1) is 11.8 Å². The zero-order chi connectivity index (χ0) is 15.6. The molecule has 0 spiro atoms. The molecule has 0 radical (unpaired) electrons. The van der Waals surface area contributed by atoms with Crippen molar-refractivity contribution in [3.63, 3.8) is 0 Å². The number of benzene rings is 2. The quantitative estimate of drug-likeness (QED) is 0.597. The molecule has 6 N–H and O–H groups in total. The highest BCUT2D eigenvalue weighted by Gasteiger charge is 2.31. The first-order valence-electron chi connectivity index (χ1n) is 6.61. The van der Waals surface area contributed by atoms with Gasteiger partial charge in [0.25, 0.3) is 0 Å². The molecule has 0 amide bonds. The minimum Gasteiger partial charge on any atom is -0.369 e. The smallest absolute Gasteiger partial charge is 0.209 e. The van der Waals surface area contributed by atoms with Crippen LogP contribution in [0.25, 0.3) is 0 Å². The molecule has 1 aliphatic rings. The number of rotatable bonds is 1. The fourth-order valence-corrected chi connectivity index (χ4v) is 2.28. The van der Waals surface area contributed by atoms with Crippen molar-refractivity contribution < 1.29 is 0 Å². The van der Waals surface area contributed by atoms with Gasteiger partial charge in [0.1, 0.15) is 0 Å². The Hall–Kier alpha value is -2.52. The van der Waals surface area contributed by atoms with E-state index in [0.29, 0.717) is 10.6 Å². The summed E-state index contributed by atoms with van der Waals surface area (Å²) in [6, 6.07) is 15.1. The van der Waals surface area contributed by atoms with E-state index in [2.05, 4.69) is 27.7 Å². The van der Waals surface area contributed by atoms with Gasteiger partial charge in [0, 0.05) is 16.7 Å². The van der Waals surface area contributed by atoms with Crippen LogP contribution in [0.5, 0.6) is 0 Å². The van der Waals surface area contributed by atoms with E-state index in [9.17, 15) is 0 Å². The van der Waals surface area contributed by atoms with Crippen LogP contribution in [0.3, 0.4) is 0 Å². The van der Waals surface area contributed by atoms with E-state index >= 15 is 0 Å². The maximum atomic E-state index is 6.29. The average molecular weight is 312 g/mol. The molecule has 3 rings (SSSR count). The summed E-state index contributed by atoms with van der Waals surface area (Å²) in [5.74, 6) is 5.22. The summed E-state index contributed by atoms with van der Waals surface area (Å²) in [4.78, 5) is 4.11. The Morgan fingerprint density at radius 2 is 1.86 bits per heavy atom. The number of aliphatic imine (C=N–C) groups is 1. The minimum atomic E-state index is -1.13. The van der Waals surface area contributed by atoms with Crippen molar-refractivity contribution >= 4 is 17.6 Å². The van der Waals surface area contributed by atoms with E-state index in [1.165, 1.54) is 0 Å². The van der Waals surface area contributed by atoms with Crippen LogP contribution in [0.15, 0.2) is 53.5 Å². The molecule has 0 fully saturated rings. The van der Waals surface area contributed by atoms with Crippen molar-refractivity contribution in [2.75, 3.05) is 0 Å². The van der Waals surface area contributed by atoms with Crippen LogP contribution < -0.4 is 22.3 Å². The van der Waals surface area contributed by atoms with Gasteiger partial charge in [-0.1, -0.05) is 47.7 Å². The van der Waals surface area contributed by atoms with E-state index < -0.39 is 5.79 Å². The predicted molar refractivity (Wildman–Crippen MR) is 87.6 cm³/mol. The molecule has 6 heteroatoms. The fourth-order valence-electron chi connectivity index (χ4n) is 2.06. The average Bonchev–Trinajstić information content (AvgIpc) is 2.87. The van der Waals surface area contributed by atoms with Gasteiger partial charge in [-0.15, -0.1) is 0 Å². The Morgan fingerprint density at radius 3 is 2.50 bits per heavy atom. The minimum absolute atomic E-state index is 0.228. The molecule has 0 bridgehead atoms. The van der Waals surface area contributed by atoms with Gasteiger partial charge >= 0.3 is 0 Å². The topological polar surface area (TPSA) is 88.5 Å². The lowest BCUT2D eigenvalue weighted by Gasteiger charge is -2.20. The summed E-state index contributed by atoms with van der Waals surface area (Å²) >= 11 is 6.29. The highest BCUT2D eigenvalue weighted by molar-refractivity contribution is 6.31. The third kappa shape index (κ3) is 2.90. The number of hydrogen-bond acceptors (Lipinski definition) is 5. The number of nitrogens with one attached hydrogen (secondary N) is 2. The van der Waals surface area contributed by atoms with Gasteiger partial charge in [-0.3, -0.25) is 11.2 Å². The molecule has 22 heavy (non-hydrogen) atoms. The number of hydrazine groups is 1. The number of halogens is 1. The zero-order valence-corrected chi connectivity index (χ0v) is 12.4. The molecule has 0 saturated carbocycles. The van der Waals surface area contributed by atoms with Crippen molar-refractivity contribution in [3.05, 3.63) is 70.2 Å². The largest absolute Gasteiger partial charge is 0.369 e. The lowest BCUT2D eigenvalue weighted by Crippen LogP contribution is -2.50. The molecular weight excluding hydrogens is 298 g/mol. The summed E-state index contributed by atoms with van der Waals surface area (Å²) in [5.41, 5.74) is 19.5. The second-order valence-electron chi connectivity index (χ2n) is 4.82. The lowest BCUT2D eigenvalue weighted by molar-refractivity contribution is 0.375. The fraction of sp³-hybridized carbons (Fsp3) is 0.0625. The van der Waals surface area contributed by atoms with Crippen molar-refractivity contribution in [1.29, 1.82) is 0 Å². The summed E-state index contributed by atoms with van der Waals surface area (Å²) in [6.07, 6.45) is 0. The van der Waals surface area contributed by atoms with Gasteiger partial charge in [-0.05, 0) is 24.3 Å². The first-order valence-corrected chi connectivity index (χ1v) is 6.99. The zero-order valence-electron chi connectivity index (χ0n) is 11.6. The molecule has 2 aromatic carbocycles. The van der Waals surface area contributed by atoms with Crippen molar-refractivity contribution in [3.8, 4) is 11.8 Å². The number of nitrogens with two attached hydrogens (primary N) is 2. The monoisotopic (exact) mass is 311 g/mol. The van der Waals surface area contributed by atoms with Gasteiger partial charge in [-0.2, -0.15) is 5.43 Å².